The maximum atomic E-state index is 12.2. The number of aliphatic imine (C=N–C) groups is 1. The summed E-state index contributed by atoms with van der Waals surface area (Å²) in [5.41, 5.74) is 0.694. The Morgan fingerprint density at radius 2 is 2.04 bits per heavy atom. The summed E-state index contributed by atoms with van der Waals surface area (Å²) in [6.07, 6.45) is 2.41. The molecule has 1 N–H and O–H groups in total. The van der Waals surface area contributed by atoms with Crippen LogP contribution in [0.1, 0.15) is 26.2 Å². The molecule has 0 radical (unpaired) electrons. The van der Waals surface area contributed by atoms with Gasteiger partial charge in [-0.1, -0.05) is 11.8 Å². The van der Waals surface area contributed by atoms with Crippen molar-refractivity contribution in [3.8, 4) is 5.75 Å². The molecule has 24 heavy (non-hydrogen) atoms. The Morgan fingerprint density at radius 1 is 1.33 bits per heavy atom. The lowest BCUT2D eigenvalue weighted by atomic mass is 10.2. The Kier molecular flexibility index (Phi) is 5.40. The van der Waals surface area contributed by atoms with Crippen molar-refractivity contribution < 1.29 is 14.3 Å². The molecule has 128 valence electrons. The minimum atomic E-state index is -0.414. The quantitative estimate of drug-likeness (QED) is 0.886. The number of hydrogen-bond donors (Lipinski definition) is 1. The van der Waals surface area contributed by atoms with Gasteiger partial charge in [0.25, 0.3) is 5.91 Å². The average Bonchev–Trinajstić information content (AvgIpc) is 3.20. The van der Waals surface area contributed by atoms with E-state index in [1.165, 1.54) is 11.8 Å². The predicted molar refractivity (Wildman–Crippen MR) is 95.5 cm³/mol. The van der Waals surface area contributed by atoms with E-state index >= 15 is 0 Å². The van der Waals surface area contributed by atoms with Crippen LogP contribution in [0, 0.1) is 0 Å². The van der Waals surface area contributed by atoms with E-state index in [9.17, 15) is 9.59 Å². The number of nitrogens with one attached hydrogen (secondary N) is 1. The van der Waals surface area contributed by atoms with Crippen molar-refractivity contribution in [1.82, 2.24) is 4.90 Å². The van der Waals surface area contributed by atoms with Crippen molar-refractivity contribution in [1.29, 1.82) is 0 Å². The first-order valence-electron chi connectivity index (χ1n) is 8.22. The van der Waals surface area contributed by atoms with Crippen LogP contribution in [0.15, 0.2) is 29.3 Å². The Bertz CT molecular complexity index is 639. The molecule has 2 aliphatic heterocycles. The Balaban J connectivity index is 1.51. The summed E-state index contributed by atoms with van der Waals surface area (Å²) in [4.78, 5) is 30.4. The standard InChI is InChI=1S/C17H21N3O3S/c1-2-23-13-7-5-12(6-8-13)18-15(21)11-14-16(22)19-17(24-14)20-9-3-4-10-20/h5-8,14H,2-4,9-11H2,1H3,(H,18,21)/t14-/m0/s1. The third kappa shape index (κ3) is 4.08. The first kappa shape index (κ1) is 16.8. The largest absolute Gasteiger partial charge is 0.494 e. The van der Waals surface area contributed by atoms with E-state index in [0.717, 1.165) is 36.8 Å². The third-order valence-corrected chi connectivity index (χ3v) is 5.14. The minimum absolute atomic E-state index is 0.136. The van der Waals surface area contributed by atoms with Crippen LogP contribution in [0.5, 0.6) is 5.75 Å². The minimum Gasteiger partial charge on any atom is -0.494 e. The lowest BCUT2D eigenvalue weighted by Gasteiger charge is -2.16. The lowest BCUT2D eigenvalue weighted by molar-refractivity contribution is -0.121. The highest BCUT2D eigenvalue weighted by molar-refractivity contribution is 8.15. The van der Waals surface area contributed by atoms with E-state index < -0.39 is 5.25 Å². The van der Waals surface area contributed by atoms with Crippen molar-refractivity contribution in [2.75, 3.05) is 25.0 Å². The summed E-state index contributed by atoms with van der Waals surface area (Å²) in [6.45, 7) is 4.42. The number of anilines is 1. The maximum Gasteiger partial charge on any atom is 0.262 e. The van der Waals surface area contributed by atoms with E-state index in [-0.39, 0.29) is 18.2 Å². The Hall–Kier alpha value is -2.02. The van der Waals surface area contributed by atoms with Crippen molar-refractivity contribution in [2.45, 2.75) is 31.4 Å². The van der Waals surface area contributed by atoms with Crippen molar-refractivity contribution in [3.63, 3.8) is 0 Å². The van der Waals surface area contributed by atoms with E-state index in [4.69, 9.17) is 4.74 Å². The predicted octanol–water partition coefficient (Wildman–Crippen LogP) is 2.51. The fourth-order valence-corrected chi connectivity index (χ4v) is 3.85. The number of benzene rings is 1. The molecule has 1 aromatic rings. The van der Waals surface area contributed by atoms with Gasteiger partial charge in [-0.2, -0.15) is 4.99 Å². The summed E-state index contributed by atoms with van der Waals surface area (Å²) in [5.74, 6) is 0.382. The second kappa shape index (κ2) is 7.70. The summed E-state index contributed by atoms with van der Waals surface area (Å²) in [7, 11) is 0. The van der Waals surface area contributed by atoms with Crippen LogP contribution < -0.4 is 10.1 Å². The normalized spacial score (nSPS) is 20.2. The molecule has 6 nitrogen and oxygen atoms in total. The molecule has 0 spiro atoms. The first-order valence-corrected chi connectivity index (χ1v) is 9.10. The van der Waals surface area contributed by atoms with Crippen LogP contribution >= 0.6 is 11.8 Å². The number of hydrogen-bond acceptors (Lipinski definition) is 5. The van der Waals surface area contributed by atoms with Gasteiger partial charge in [0.1, 0.15) is 11.0 Å². The number of amides is 2. The van der Waals surface area contributed by atoms with Crippen LogP contribution in [-0.4, -0.2) is 46.8 Å². The fraction of sp³-hybridized carbons (Fsp3) is 0.471. The van der Waals surface area contributed by atoms with Crippen molar-refractivity contribution in [2.24, 2.45) is 4.99 Å². The highest BCUT2D eigenvalue weighted by Gasteiger charge is 2.33. The first-order chi connectivity index (χ1) is 11.7. The van der Waals surface area contributed by atoms with Gasteiger partial charge in [-0.05, 0) is 44.0 Å². The van der Waals surface area contributed by atoms with Gasteiger partial charge >= 0.3 is 0 Å². The number of thioether (sulfide) groups is 1. The number of amidine groups is 1. The topological polar surface area (TPSA) is 71.0 Å². The van der Waals surface area contributed by atoms with Gasteiger partial charge in [0.15, 0.2) is 5.17 Å². The third-order valence-electron chi connectivity index (χ3n) is 3.93. The lowest BCUT2D eigenvalue weighted by Crippen LogP contribution is -2.25. The second-order valence-electron chi connectivity index (χ2n) is 5.74. The molecule has 3 rings (SSSR count). The van der Waals surface area contributed by atoms with Crippen LogP contribution in [-0.2, 0) is 9.59 Å². The highest BCUT2D eigenvalue weighted by Crippen LogP contribution is 2.29. The number of nitrogens with zero attached hydrogens (tertiary/aromatic N) is 2. The summed E-state index contributed by atoms with van der Waals surface area (Å²) in [6, 6.07) is 7.20. The SMILES string of the molecule is CCOc1ccc(NC(=O)C[C@@H]2SC(N3CCCC3)=NC2=O)cc1. The number of likely N-dealkylation sites (tertiary alicyclic amines) is 1. The zero-order chi connectivity index (χ0) is 16.9. The summed E-state index contributed by atoms with van der Waals surface area (Å²) >= 11 is 1.41. The Labute approximate surface area is 145 Å². The molecule has 0 bridgehead atoms. The fourth-order valence-electron chi connectivity index (χ4n) is 2.73. The second-order valence-corrected chi connectivity index (χ2v) is 6.91. The van der Waals surface area contributed by atoms with Crippen LogP contribution in [0.3, 0.4) is 0 Å². The summed E-state index contributed by atoms with van der Waals surface area (Å²) < 4.78 is 5.37. The molecule has 0 unspecified atom stereocenters. The molecular formula is C17H21N3O3S. The van der Waals surface area contributed by atoms with Crippen LogP contribution in [0.25, 0.3) is 0 Å². The van der Waals surface area contributed by atoms with Gasteiger partial charge < -0.3 is 15.0 Å². The zero-order valence-electron chi connectivity index (χ0n) is 13.7. The molecule has 0 aliphatic carbocycles. The molecule has 1 fully saturated rings. The van der Waals surface area contributed by atoms with E-state index in [0.29, 0.717) is 12.3 Å². The van der Waals surface area contributed by atoms with Crippen molar-refractivity contribution >= 4 is 34.4 Å². The maximum absolute atomic E-state index is 12.2. The van der Waals surface area contributed by atoms with Crippen LogP contribution in [0.2, 0.25) is 0 Å². The van der Waals surface area contributed by atoms with E-state index in [1.54, 1.807) is 12.1 Å². The highest BCUT2D eigenvalue weighted by atomic mass is 32.2. The summed E-state index contributed by atoms with van der Waals surface area (Å²) in [5, 5.41) is 3.18. The molecule has 1 atom stereocenters. The van der Waals surface area contributed by atoms with Gasteiger partial charge in [-0.25, -0.2) is 0 Å². The molecule has 0 saturated carbocycles. The van der Waals surface area contributed by atoms with Gasteiger partial charge in [0.2, 0.25) is 5.91 Å². The Morgan fingerprint density at radius 3 is 2.71 bits per heavy atom. The molecule has 0 aromatic heterocycles. The van der Waals surface area contributed by atoms with E-state index in [1.807, 2.05) is 19.1 Å². The average molecular weight is 347 g/mol. The van der Waals surface area contributed by atoms with Gasteiger partial charge in [0.05, 0.1) is 6.61 Å². The monoisotopic (exact) mass is 347 g/mol. The molecule has 1 saturated heterocycles. The van der Waals surface area contributed by atoms with Gasteiger partial charge in [-0.3, -0.25) is 9.59 Å². The molecule has 2 amide bonds. The molecule has 2 heterocycles. The number of rotatable bonds is 5. The molecule has 1 aromatic carbocycles. The number of carbonyl (C=O) groups is 2. The van der Waals surface area contributed by atoms with E-state index in [2.05, 4.69) is 15.2 Å². The number of carbonyl (C=O) groups excluding carboxylic acids is 2. The molecule has 2 aliphatic rings. The molecular weight excluding hydrogens is 326 g/mol. The number of ether oxygens (including phenoxy) is 1. The van der Waals surface area contributed by atoms with Crippen LogP contribution in [0.4, 0.5) is 5.69 Å². The smallest absolute Gasteiger partial charge is 0.262 e. The zero-order valence-corrected chi connectivity index (χ0v) is 14.5. The van der Waals surface area contributed by atoms with Crippen molar-refractivity contribution in [3.05, 3.63) is 24.3 Å². The molecule has 7 heteroatoms. The van der Waals surface area contributed by atoms with Gasteiger partial charge in [0, 0.05) is 25.2 Å². The van der Waals surface area contributed by atoms with Gasteiger partial charge in [-0.15, -0.1) is 0 Å².